The van der Waals surface area contributed by atoms with Crippen molar-refractivity contribution in [3.05, 3.63) is 87.4 Å². The minimum atomic E-state index is -0.477. The Morgan fingerprint density at radius 3 is 2.48 bits per heavy atom. The van der Waals surface area contributed by atoms with Crippen molar-refractivity contribution in [3.8, 4) is 5.75 Å². The third-order valence-corrected chi connectivity index (χ3v) is 6.15. The summed E-state index contributed by atoms with van der Waals surface area (Å²) in [5, 5.41) is 1.59. The Balaban J connectivity index is 1.31. The summed E-state index contributed by atoms with van der Waals surface area (Å²) >= 11 is 18.4. The zero-order valence-corrected chi connectivity index (χ0v) is 19.6. The van der Waals surface area contributed by atoms with Crippen molar-refractivity contribution in [2.45, 2.75) is 13.0 Å². The van der Waals surface area contributed by atoms with E-state index in [0.717, 1.165) is 5.56 Å². The Hall–Kier alpha value is -2.93. The van der Waals surface area contributed by atoms with Crippen LogP contribution in [0.15, 0.2) is 66.7 Å². The summed E-state index contributed by atoms with van der Waals surface area (Å²) < 4.78 is 5.76. The zero-order chi connectivity index (χ0) is 23.4. The van der Waals surface area contributed by atoms with Crippen molar-refractivity contribution in [1.29, 1.82) is 0 Å². The van der Waals surface area contributed by atoms with E-state index in [1.807, 2.05) is 18.2 Å². The maximum atomic E-state index is 12.6. The number of carbonyl (C=O) groups is 2. The standard InChI is InChI=1S/C24H20Cl3N3O3/c25-17-5-8-19(9-6-17)30-13-16(11-23(30)31)24(32)29-28-18-7-10-22(21(27)12-18)33-14-15-3-1-2-4-20(15)26/h1-10,12,16,28H,11,13-14H2,(H,29,32)/t16-/m1/s1. The maximum Gasteiger partial charge on any atom is 0.243 e. The van der Waals surface area contributed by atoms with E-state index in [0.29, 0.717) is 38.7 Å². The highest BCUT2D eigenvalue weighted by Crippen LogP contribution is 2.29. The monoisotopic (exact) mass is 503 g/mol. The number of nitrogens with zero attached hydrogens (tertiary/aromatic N) is 1. The number of benzene rings is 3. The molecular weight excluding hydrogens is 485 g/mol. The number of amides is 2. The van der Waals surface area contributed by atoms with Gasteiger partial charge in [0.25, 0.3) is 0 Å². The molecule has 1 saturated heterocycles. The van der Waals surface area contributed by atoms with E-state index < -0.39 is 5.92 Å². The molecule has 170 valence electrons. The second kappa shape index (κ2) is 10.3. The Morgan fingerprint density at radius 1 is 1.00 bits per heavy atom. The Labute approximate surface area is 206 Å². The Morgan fingerprint density at radius 2 is 1.76 bits per heavy atom. The van der Waals surface area contributed by atoms with Crippen LogP contribution in [0.2, 0.25) is 15.1 Å². The molecule has 0 spiro atoms. The molecule has 1 fully saturated rings. The zero-order valence-electron chi connectivity index (χ0n) is 17.4. The van der Waals surface area contributed by atoms with Gasteiger partial charge in [-0.2, -0.15) is 0 Å². The number of halogens is 3. The van der Waals surface area contributed by atoms with Crippen LogP contribution in [0.3, 0.4) is 0 Å². The van der Waals surface area contributed by atoms with Gasteiger partial charge in [0.2, 0.25) is 11.8 Å². The fraction of sp³-hybridized carbons (Fsp3) is 0.167. The minimum absolute atomic E-state index is 0.111. The average molecular weight is 505 g/mol. The SMILES string of the molecule is O=C(NNc1ccc(OCc2ccccc2Cl)c(Cl)c1)[C@@H]1CC(=O)N(c2ccc(Cl)cc2)C1. The van der Waals surface area contributed by atoms with Crippen molar-refractivity contribution in [3.63, 3.8) is 0 Å². The molecule has 3 aromatic rings. The Kier molecular flexibility index (Phi) is 7.28. The van der Waals surface area contributed by atoms with E-state index in [2.05, 4.69) is 10.9 Å². The molecule has 0 radical (unpaired) electrons. The molecule has 0 aliphatic carbocycles. The summed E-state index contributed by atoms with van der Waals surface area (Å²) in [5.74, 6) is -0.377. The van der Waals surface area contributed by atoms with Crippen molar-refractivity contribution < 1.29 is 14.3 Å². The molecule has 1 aliphatic rings. The van der Waals surface area contributed by atoms with E-state index in [9.17, 15) is 9.59 Å². The van der Waals surface area contributed by atoms with Gasteiger partial charge in [-0.1, -0.05) is 53.0 Å². The molecule has 0 unspecified atom stereocenters. The predicted octanol–water partition coefficient (Wildman–Crippen LogP) is 5.72. The highest BCUT2D eigenvalue weighted by Gasteiger charge is 2.35. The number of hydrazine groups is 1. The topological polar surface area (TPSA) is 70.7 Å². The molecule has 2 amide bonds. The molecule has 2 N–H and O–H groups in total. The Bertz CT molecular complexity index is 1170. The molecule has 3 aromatic carbocycles. The highest BCUT2D eigenvalue weighted by molar-refractivity contribution is 6.32. The van der Waals surface area contributed by atoms with Crippen LogP contribution in [0, 0.1) is 5.92 Å². The number of hydrogen-bond donors (Lipinski definition) is 2. The molecule has 6 nitrogen and oxygen atoms in total. The van der Waals surface area contributed by atoms with Crippen LogP contribution in [0.5, 0.6) is 5.75 Å². The number of ether oxygens (including phenoxy) is 1. The third-order valence-electron chi connectivity index (χ3n) is 5.24. The molecule has 0 saturated carbocycles. The van der Waals surface area contributed by atoms with Crippen LogP contribution in [0.1, 0.15) is 12.0 Å². The van der Waals surface area contributed by atoms with E-state index in [1.54, 1.807) is 53.4 Å². The van der Waals surface area contributed by atoms with Crippen LogP contribution in [-0.4, -0.2) is 18.4 Å². The number of hydrogen-bond acceptors (Lipinski definition) is 4. The average Bonchev–Trinajstić information content (AvgIpc) is 3.20. The molecular formula is C24H20Cl3N3O3. The second-order valence-electron chi connectivity index (χ2n) is 7.52. The lowest BCUT2D eigenvalue weighted by atomic mass is 10.1. The predicted molar refractivity (Wildman–Crippen MR) is 131 cm³/mol. The van der Waals surface area contributed by atoms with Gasteiger partial charge in [0.1, 0.15) is 12.4 Å². The summed E-state index contributed by atoms with van der Waals surface area (Å²) in [5.41, 5.74) is 7.64. The first-order chi connectivity index (χ1) is 15.9. The summed E-state index contributed by atoms with van der Waals surface area (Å²) in [6, 6.07) is 19.4. The van der Waals surface area contributed by atoms with Crippen molar-refractivity contribution >= 4 is 58.0 Å². The summed E-state index contributed by atoms with van der Waals surface area (Å²) in [6.07, 6.45) is 0.131. The maximum absolute atomic E-state index is 12.6. The molecule has 33 heavy (non-hydrogen) atoms. The van der Waals surface area contributed by atoms with Gasteiger partial charge < -0.3 is 9.64 Å². The lowest BCUT2D eigenvalue weighted by molar-refractivity contribution is -0.125. The number of nitrogens with one attached hydrogen (secondary N) is 2. The lowest BCUT2D eigenvalue weighted by Crippen LogP contribution is -2.36. The smallest absolute Gasteiger partial charge is 0.243 e. The van der Waals surface area contributed by atoms with E-state index in [1.165, 1.54) is 0 Å². The quantitative estimate of drug-likeness (QED) is 0.404. The van der Waals surface area contributed by atoms with Gasteiger partial charge in [-0.25, -0.2) is 0 Å². The van der Waals surface area contributed by atoms with Gasteiger partial charge in [0.15, 0.2) is 0 Å². The van der Waals surface area contributed by atoms with Gasteiger partial charge in [-0.3, -0.25) is 20.4 Å². The van der Waals surface area contributed by atoms with Crippen molar-refractivity contribution in [1.82, 2.24) is 5.43 Å². The van der Waals surface area contributed by atoms with Gasteiger partial charge in [-0.15, -0.1) is 0 Å². The molecule has 0 aromatic heterocycles. The molecule has 1 aliphatic heterocycles. The first-order valence-corrected chi connectivity index (χ1v) is 11.3. The fourth-order valence-electron chi connectivity index (χ4n) is 3.46. The van der Waals surface area contributed by atoms with Crippen LogP contribution in [0.4, 0.5) is 11.4 Å². The normalized spacial score (nSPS) is 15.4. The molecule has 4 rings (SSSR count). The van der Waals surface area contributed by atoms with Crippen molar-refractivity contribution in [2.24, 2.45) is 5.92 Å². The largest absolute Gasteiger partial charge is 0.487 e. The highest BCUT2D eigenvalue weighted by atomic mass is 35.5. The summed E-state index contributed by atoms with van der Waals surface area (Å²) in [4.78, 5) is 26.5. The molecule has 0 bridgehead atoms. The molecule has 1 heterocycles. The minimum Gasteiger partial charge on any atom is -0.487 e. The van der Waals surface area contributed by atoms with E-state index in [4.69, 9.17) is 39.5 Å². The number of anilines is 2. The van der Waals surface area contributed by atoms with Gasteiger partial charge in [0, 0.05) is 34.3 Å². The van der Waals surface area contributed by atoms with Crippen LogP contribution < -0.4 is 20.5 Å². The summed E-state index contributed by atoms with van der Waals surface area (Å²) in [6.45, 7) is 0.576. The van der Waals surface area contributed by atoms with Crippen LogP contribution in [0.25, 0.3) is 0 Å². The first kappa shape index (κ1) is 23.2. The van der Waals surface area contributed by atoms with Gasteiger partial charge in [-0.05, 0) is 48.5 Å². The first-order valence-electron chi connectivity index (χ1n) is 10.2. The number of carbonyl (C=O) groups excluding carboxylic acids is 2. The molecule has 9 heteroatoms. The van der Waals surface area contributed by atoms with E-state index >= 15 is 0 Å². The van der Waals surface area contributed by atoms with Gasteiger partial charge >= 0.3 is 0 Å². The molecule has 1 atom stereocenters. The number of rotatable bonds is 7. The lowest BCUT2D eigenvalue weighted by Gasteiger charge is -2.17. The van der Waals surface area contributed by atoms with E-state index in [-0.39, 0.29) is 24.8 Å². The van der Waals surface area contributed by atoms with Crippen LogP contribution >= 0.6 is 34.8 Å². The second-order valence-corrected chi connectivity index (χ2v) is 8.77. The van der Waals surface area contributed by atoms with Gasteiger partial charge in [0.05, 0.1) is 16.6 Å². The third kappa shape index (κ3) is 5.71. The van der Waals surface area contributed by atoms with Crippen LogP contribution in [-0.2, 0) is 16.2 Å². The fourth-order valence-corrected chi connectivity index (χ4v) is 4.01. The van der Waals surface area contributed by atoms with Crippen molar-refractivity contribution in [2.75, 3.05) is 16.9 Å². The summed E-state index contributed by atoms with van der Waals surface area (Å²) in [7, 11) is 0.